The van der Waals surface area contributed by atoms with Crippen LogP contribution in [-0.2, 0) is 11.2 Å². The van der Waals surface area contributed by atoms with E-state index in [-0.39, 0.29) is 5.91 Å². The fraction of sp³-hybridized carbons (Fsp3) is 0.350. The quantitative estimate of drug-likeness (QED) is 0.712. The van der Waals surface area contributed by atoms with E-state index in [1.54, 1.807) is 19.1 Å². The van der Waals surface area contributed by atoms with E-state index in [0.29, 0.717) is 19.6 Å². The summed E-state index contributed by atoms with van der Waals surface area (Å²) in [6.07, 6.45) is 0.811. The number of para-hydroxylation sites is 1. The predicted molar refractivity (Wildman–Crippen MR) is 101 cm³/mol. The molecule has 5 heteroatoms. The maximum atomic E-state index is 12.4. The molecule has 0 saturated heterocycles. The maximum Gasteiger partial charge on any atom is 0.240 e. The van der Waals surface area contributed by atoms with Gasteiger partial charge in [-0.2, -0.15) is 0 Å². The zero-order valence-electron chi connectivity index (χ0n) is 15.1. The SMILES string of the molecule is CCN(C(=O)CNCCc1ccc(OC)c(OC)c1)c1ccccc1. The summed E-state index contributed by atoms with van der Waals surface area (Å²) in [6.45, 7) is 3.67. The van der Waals surface area contributed by atoms with Gasteiger partial charge in [-0.1, -0.05) is 24.3 Å². The Kier molecular flexibility index (Phi) is 7.29. The number of nitrogens with one attached hydrogen (secondary N) is 1. The highest BCUT2D eigenvalue weighted by Gasteiger charge is 2.12. The third kappa shape index (κ3) is 5.22. The molecule has 5 nitrogen and oxygen atoms in total. The number of anilines is 1. The van der Waals surface area contributed by atoms with Crippen LogP contribution in [0.3, 0.4) is 0 Å². The molecule has 0 aliphatic rings. The molecule has 2 rings (SSSR count). The first-order valence-corrected chi connectivity index (χ1v) is 8.46. The second-order valence-corrected chi connectivity index (χ2v) is 5.59. The molecule has 0 bridgehead atoms. The van der Waals surface area contributed by atoms with Crippen LogP contribution in [-0.4, -0.2) is 39.8 Å². The number of ether oxygens (including phenoxy) is 2. The summed E-state index contributed by atoms with van der Waals surface area (Å²) in [5.74, 6) is 1.51. The van der Waals surface area contributed by atoms with Crippen molar-refractivity contribution in [1.82, 2.24) is 5.32 Å². The van der Waals surface area contributed by atoms with E-state index in [1.165, 1.54) is 0 Å². The number of rotatable bonds is 9. The molecule has 0 fully saturated rings. The number of carbonyl (C=O) groups excluding carboxylic acids is 1. The third-order valence-corrected chi connectivity index (χ3v) is 4.00. The maximum absolute atomic E-state index is 12.4. The molecule has 0 spiro atoms. The lowest BCUT2D eigenvalue weighted by Crippen LogP contribution is -2.38. The summed E-state index contributed by atoms with van der Waals surface area (Å²) in [4.78, 5) is 14.2. The number of likely N-dealkylation sites (N-methyl/N-ethyl adjacent to an activating group) is 1. The normalized spacial score (nSPS) is 10.4. The van der Waals surface area contributed by atoms with Crippen LogP contribution >= 0.6 is 0 Å². The summed E-state index contributed by atoms with van der Waals surface area (Å²) < 4.78 is 10.5. The Morgan fingerprint density at radius 1 is 1.04 bits per heavy atom. The predicted octanol–water partition coefficient (Wildman–Crippen LogP) is 2.89. The van der Waals surface area contributed by atoms with Crippen LogP contribution in [0.1, 0.15) is 12.5 Å². The standard InChI is InChI=1S/C20H26N2O3/c1-4-22(17-8-6-5-7-9-17)20(23)15-21-13-12-16-10-11-18(24-2)19(14-16)25-3/h5-11,14,21H,4,12-13,15H2,1-3H3. The summed E-state index contributed by atoms with van der Waals surface area (Å²) in [7, 11) is 3.25. The van der Waals surface area contributed by atoms with Crippen molar-refractivity contribution >= 4 is 11.6 Å². The molecule has 0 unspecified atom stereocenters. The minimum Gasteiger partial charge on any atom is -0.493 e. The highest BCUT2D eigenvalue weighted by molar-refractivity contribution is 5.94. The van der Waals surface area contributed by atoms with E-state index in [2.05, 4.69) is 5.32 Å². The molecule has 2 aromatic rings. The Hall–Kier alpha value is -2.53. The van der Waals surface area contributed by atoms with Crippen LogP contribution in [0.4, 0.5) is 5.69 Å². The minimum atomic E-state index is 0.0704. The van der Waals surface area contributed by atoms with E-state index in [0.717, 1.165) is 29.2 Å². The lowest BCUT2D eigenvalue weighted by atomic mass is 10.1. The van der Waals surface area contributed by atoms with Crippen LogP contribution in [0.5, 0.6) is 11.5 Å². The van der Waals surface area contributed by atoms with Gasteiger partial charge in [-0.15, -0.1) is 0 Å². The molecule has 0 aliphatic heterocycles. The fourth-order valence-corrected chi connectivity index (χ4v) is 2.67. The van der Waals surface area contributed by atoms with E-state index in [9.17, 15) is 4.79 Å². The summed E-state index contributed by atoms with van der Waals surface area (Å²) in [5.41, 5.74) is 2.06. The number of carbonyl (C=O) groups is 1. The van der Waals surface area contributed by atoms with Crippen molar-refractivity contribution < 1.29 is 14.3 Å². The summed E-state index contributed by atoms with van der Waals surface area (Å²) >= 11 is 0. The van der Waals surface area contributed by atoms with Crippen LogP contribution < -0.4 is 19.7 Å². The Morgan fingerprint density at radius 3 is 2.40 bits per heavy atom. The van der Waals surface area contributed by atoms with Crippen molar-refractivity contribution in [2.75, 3.05) is 38.8 Å². The molecular weight excluding hydrogens is 316 g/mol. The van der Waals surface area contributed by atoms with Crippen molar-refractivity contribution in [3.05, 3.63) is 54.1 Å². The van der Waals surface area contributed by atoms with Crippen LogP contribution in [0.25, 0.3) is 0 Å². The Balaban J connectivity index is 1.83. The van der Waals surface area contributed by atoms with Gasteiger partial charge in [-0.3, -0.25) is 4.79 Å². The van der Waals surface area contributed by atoms with E-state index in [1.807, 2.05) is 55.5 Å². The number of benzene rings is 2. The van der Waals surface area contributed by atoms with Gasteiger partial charge in [0.05, 0.1) is 20.8 Å². The molecular formula is C20H26N2O3. The molecule has 0 aromatic heterocycles. The van der Waals surface area contributed by atoms with Crippen molar-refractivity contribution in [2.45, 2.75) is 13.3 Å². The molecule has 134 valence electrons. The summed E-state index contributed by atoms with van der Waals surface area (Å²) in [5, 5.41) is 3.22. The lowest BCUT2D eigenvalue weighted by Gasteiger charge is -2.21. The van der Waals surface area contributed by atoms with Gasteiger partial charge in [-0.05, 0) is 49.7 Å². The summed E-state index contributed by atoms with van der Waals surface area (Å²) in [6, 6.07) is 15.6. The average molecular weight is 342 g/mol. The molecule has 1 N–H and O–H groups in total. The highest BCUT2D eigenvalue weighted by Crippen LogP contribution is 2.27. The van der Waals surface area contributed by atoms with Crippen molar-refractivity contribution in [2.24, 2.45) is 0 Å². The zero-order chi connectivity index (χ0) is 18.1. The molecule has 0 radical (unpaired) electrons. The van der Waals surface area contributed by atoms with Gasteiger partial charge in [0.25, 0.3) is 0 Å². The molecule has 0 atom stereocenters. The average Bonchev–Trinajstić information content (AvgIpc) is 2.66. The van der Waals surface area contributed by atoms with E-state index < -0.39 is 0 Å². The highest BCUT2D eigenvalue weighted by atomic mass is 16.5. The van der Waals surface area contributed by atoms with Crippen LogP contribution in [0.15, 0.2) is 48.5 Å². The second-order valence-electron chi connectivity index (χ2n) is 5.59. The molecule has 0 aliphatic carbocycles. The lowest BCUT2D eigenvalue weighted by molar-refractivity contribution is -0.117. The largest absolute Gasteiger partial charge is 0.493 e. The van der Waals surface area contributed by atoms with Gasteiger partial charge in [0, 0.05) is 12.2 Å². The van der Waals surface area contributed by atoms with E-state index in [4.69, 9.17) is 9.47 Å². The topological polar surface area (TPSA) is 50.8 Å². The monoisotopic (exact) mass is 342 g/mol. The second kappa shape index (κ2) is 9.69. The van der Waals surface area contributed by atoms with Gasteiger partial charge in [-0.25, -0.2) is 0 Å². The Labute approximate surface area is 149 Å². The van der Waals surface area contributed by atoms with E-state index >= 15 is 0 Å². The first-order chi connectivity index (χ1) is 12.2. The molecule has 0 saturated carbocycles. The molecule has 25 heavy (non-hydrogen) atoms. The first kappa shape index (κ1) is 18.8. The molecule has 0 heterocycles. The zero-order valence-corrected chi connectivity index (χ0v) is 15.1. The minimum absolute atomic E-state index is 0.0704. The smallest absolute Gasteiger partial charge is 0.240 e. The van der Waals surface area contributed by atoms with Gasteiger partial charge < -0.3 is 19.7 Å². The van der Waals surface area contributed by atoms with Crippen molar-refractivity contribution in [3.8, 4) is 11.5 Å². The number of nitrogens with zero attached hydrogens (tertiary/aromatic N) is 1. The molecule has 2 aromatic carbocycles. The number of methoxy groups -OCH3 is 2. The third-order valence-electron chi connectivity index (χ3n) is 4.00. The Bertz CT molecular complexity index is 674. The molecule has 1 amide bonds. The number of hydrogen-bond acceptors (Lipinski definition) is 4. The fourth-order valence-electron chi connectivity index (χ4n) is 2.67. The number of amides is 1. The van der Waals surface area contributed by atoms with Gasteiger partial charge >= 0.3 is 0 Å². The van der Waals surface area contributed by atoms with Crippen LogP contribution in [0.2, 0.25) is 0 Å². The van der Waals surface area contributed by atoms with Gasteiger partial charge in [0.2, 0.25) is 5.91 Å². The van der Waals surface area contributed by atoms with Crippen molar-refractivity contribution in [3.63, 3.8) is 0 Å². The Morgan fingerprint density at radius 2 is 1.76 bits per heavy atom. The van der Waals surface area contributed by atoms with Gasteiger partial charge in [0.15, 0.2) is 11.5 Å². The van der Waals surface area contributed by atoms with Crippen LogP contribution in [0, 0.1) is 0 Å². The van der Waals surface area contributed by atoms with Gasteiger partial charge in [0.1, 0.15) is 0 Å². The van der Waals surface area contributed by atoms with Crippen molar-refractivity contribution in [1.29, 1.82) is 0 Å². The number of hydrogen-bond donors (Lipinski definition) is 1. The first-order valence-electron chi connectivity index (χ1n) is 8.46.